The number of carbonyl (C=O) groups excluding carboxylic acids is 2. The Morgan fingerprint density at radius 3 is 2.65 bits per heavy atom. The van der Waals surface area contributed by atoms with Crippen molar-refractivity contribution >= 4 is 35.2 Å². The number of aromatic nitrogens is 3. The van der Waals surface area contributed by atoms with Crippen LogP contribution < -0.4 is 27.5 Å². The van der Waals surface area contributed by atoms with E-state index in [1.807, 2.05) is 0 Å². The number of hydrogen-bond acceptors (Lipinski definition) is 8. The zero-order valence-corrected chi connectivity index (χ0v) is 19.3. The number of nitrogens with two attached hydrogens (primary N) is 1. The third-order valence-electron chi connectivity index (χ3n) is 4.85. The molecule has 0 spiro atoms. The van der Waals surface area contributed by atoms with Crippen molar-refractivity contribution < 1.29 is 14.3 Å². The van der Waals surface area contributed by atoms with Gasteiger partial charge in [-0.1, -0.05) is 35.9 Å². The summed E-state index contributed by atoms with van der Waals surface area (Å²) in [5.74, 6) is -0.162. The number of anilines is 2. The molecular formula is C22H24ClN7O4. The van der Waals surface area contributed by atoms with Crippen LogP contribution in [0.4, 0.5) is 16.4 Å². The fourth-order valence-corrected chi connectivity index (χ4v) is 3.14. The van der Waals surface area contributed by atoms with E-state index in [4.69, 9.17) is 22.1 Å². The Bertz CT molecular complexity index is 1260. The molecule has 0 aliphatic carbocycles. The molecule has 0 radical (unpaired) electrons. The third-order valence-corrected chi connectivity index (χ3v) is 5.22. The van der Waals surface area contributed by atoms with Crippen molar-refractivity contribution in [1.82, 2.24) is 25.3 Å². The minimum absolute atomic E-state index is 0.0537. The fraction of sp³-hybridized carbons (Fsp3) is 0.227. The molecule has 0 fully saturated rings. The van der Waals surface area contributed by atoms with E-state index in [0.717, 1.165) is 5.56 Å². The van der Waals surface area contributed by atoms with E-state index in [-0.39, 0.29) is 31.4 Å². The average molecular weight is 486 g/mol. The van der Waals surface area contributed by atoms with Gasteiger partial charge in [0.25, 0.3) is 5.56 Å². The van der Waals surface area contributed by atoms with Crippen LogP contribution in [0.2, 0.25) is 5.02 Å². The highest BCUT2D eigenvalue weighted by molar-refractivity contribution is 6.31. The molecule has 0 unspecified atom stereocenters. The molecule has 178 valence electrons. The molecule has 2 amide bonds. The first-order chi connectivity index (χ1) is 16.2. The van der Waals surface area contributed by atoms with Gasteiger partial charge in [0.05, 0.1) is 0 Å². The lowest BCUT2D eigenvalue weighted by molar-refractivity contribution is -0.121. The maximum Gasteiger partial charge on any atom is 0.426 e. The lowest BCUT2D eigenvalue weighted by atomic mass is 10.2. The molecule has 0 aliphatic heterocycles. The van der Waals surface area contributed by atoms with Gasteiger partial charge in [-0.2, -0.15) is 0 Å². The number of benzene rings is 1. The number of hydrazine groups is 1. The lowest BCUT2D eigenvalue weighted by Crippen LogP contribution is -2.38. The van der Waals surface area contributed by atoms with Crippen molar-refractivity contribution in [3.8, 4) is 0 Å². The van der Waals surface area contributed by atoms with Crippen LogP contribution in [0.5, 0.6) is 0 Å². The van der Waals surface area contributed by atoms with E-state index in [1.165, 1.54) is 10.8 Å². The molecule has 5 N–H and O–H groups in total. The Hall–Kier alpha value is -4.12. The van der Waals surface area contributed by atoms with Gasteiger partial charge in [0, 0.05) is 34.7 Å². The van der Waals surface area contributed by atoms with E-state index in [1.54, 1.807) is 50.2 Å². The lowest BCUT2D eigenvalue weighted by Gasteiger charge is -2.13. The highest BCUT2D eigenvalue weighted by atomic mass is 35.5. The predicted molar refractivity (Wildman–Crippen MR) is 127 cm³/mol. The van der Waals surface area contributed by atoms with Gasteiger partial charge >= 0.3 is 6.09 Å². The van der Waals surface area contributed by atoms with Crippen LogP contribution in [-0.4, -0.2) is 26.5 Å². The van der Waals surface area contributed by atoms with Gasteiger partial charge in [-0.05, 0) is 31.5 Å². The van der Waals surface area contributed by atoms with Crippen molar-refractivity contribution in [3.63, 3.8) is 0 Å². The van der Waals surface area contributed by atoms with E-state index in [9.17, 15) is 14.4 Å². The molecule has 3 rings (SSSR count). The number of halogens is 1. The summed E-state index contributed by atoms with van der Waals surface area (Å²) in [6, 6.07) is 10.4. The Morgan fingerprint density at radius 2 is 1.91 bits per heavy atom. The van der Waals surface area contributed by atoms with Gasteiger partial charge in [-0.25, -0.2) is 20.2 Å². The molecule has 34 heavy (non-hydrogen) atoms. The molecule has 0 saturated heterocycles. The number of nitrogens with one attached hydrogen (secondary N) is 3. The summed E-state index contributed by atoms with van der Waals surface area (Å²) in [5, 5.41) is 3.21. The van der Waals surface area contributed by atoms with Crippen LogP contribution in [0.1, 0.15) is 22.5 Å². The van der Waals surface area contributed by atoms with Gasteiger partial charge in [0.2, 0.25) is 11.7 Å². The second-order valence-electron chi connectivity index (χ2n) is 7.31. The van der Waals surface area contributed by atoms with Gasteiger partial charge in [-0.3, -0.25) is 19.6 Å². The van der Waals surface area contributed by atoms with Crippen molar-refractivity contribution in [3.05, 3.63) is 80.5 Å². The standard InChI is InChI=1S/C22H24ClN7O4/c1-13-9-26-20(28-29-22(33)34-12-16-5-3-4-6-17(16)23)21(32)30(13)11-19(31)25-10-15-7-8-18(24)27-14(15)2/h3-9H,10-12H2,1-2H3,(H2,24,27)(H,25,31)(H,26,28)(H,29,33). The number of pyridine rings is 1. The quantitative estimate of drug-likeness (QED) is 0.353. The molecule has 11 nitrogen and oxygen atoms in total. The monoisotopic (exact) mass is 485 g/mol. The zero-order chi connectivity index (χ0) is 24.7. The SMILES string of the molecule is Cc1nc(N)ccc1CNC(=O)Cn1c(C)cnc(NNC(=O)OCc2ccccc2Cl)c1=O. The number of ether oxygens (including phenoxy) is 1. The van der Waals surface area contributed by atoms with E-state index in [2.05, 4.69) is 26.1 Å². The van der Waals surface area contributed by atoms with Crippen LogP contribution in [0.3, 0.4) is 0 Å². The summed E-state index contributed by atoms with van der Waals surface area (Å²) < 4.78 is 6.30. The first-order valence-corrected chi connectivity index (χ1v) is 10.6. The summed E-state index contributed by atoms with van der Waals surface area (Å²) in [5.41, 5.74) is 12.3. The second-order valence-corrected chi connectivity index (χ2v) is 7.72. The molecule has 1 aromatic carbocycles. The number of amides is 2. The van der Waals surface area contributed by atoms with E-state index in [0.29, 0.717) is 27.8 Å². The number of rotatable bonds is 8. The number of carbonyl (C=O) groups is 2. The fourth-order valence-electron chi connectivity index (χ4n) is 2.95. The first-order valence-electron chi connectivity index (χ1n) is 10.2. The number of nitrogens with zero attached hydrogens (tertiary/aromatic N) is 3. The van der Waals surface area contributed by atoms with Crippen molar-refractivity contribution in [2.75, 3.05) is 11.2 Å². The van der Waals surface area contributed by atoms with Crippen LogP contribution in [0.25, 0.3) is 0 Å². The van der Waals surface area contributed by atoms with Gasteiger partial charge in [0.1, 0.15) is 19.0 Å². The summed E-state index contributed by atoms with van der Waals surface area (Å²) in [6.45, 7) is 3.38. The molecule has 0 bridgehead atoms. The van der Waals surface area contributed by atoms with Crippen molar-refractivity contribution in [1.29, 1.82) is 0 Å². The second kappa shape index (κ2) is 11.1. The summed E-state index contributed by atoms with van der Waals surface area (Å²) in [6.07, 6.45) is 0.570. The predicted octanol–water partition coefficient (Wildman–Crippen LogP) is 2.06. The Morgan fingerprint density at radius 1 is 1.15 bits per heavy atom. The molecule has 2 aromatic heterocycles. The van der Waals surface area contributed by atoms with Crippen LogP contribution in [-0.2, 0) is 29.2 Å². The summed E-state index contributed by atoms with van der Waals surface area (Å²) >= 11 is 6.02. The topological polar surface area (TPSA) is 153 Å². The minimum atomic E-state index is -0.835. The van der Waals surface area contributed by atoms with Gasteiger partial charge in [-0.15, -0.1) is 0 Å². The Labute approximate surface area is 200 Å². The normalized spacial score (nSPS) is 10.4. The van der Waals surface area contributed by atoms with E-state index >= 15 is 0 Å². The van der Waals surface area contributed by atoms with Crippen LogP contribution >= 0.6 is 11.6 Å². The van der Waals surface area contributed by atoms with Crippen LogP contribution in [0.15, 0.2) is 47.4 Å². The number of aryl methyl sites for hydroxylation is 2. The maximum atomic E-state index is 12.8. The Balaban J connectivity index is 1.57. The molecule has 0 saturated carbocycles. The zero-order valence-electron chi connectivity index (χ0n) is 18.6. The highest BCUT2D eigenvalue weighted by Gasteiger charge is 2.13. The highest BCUT2D eigenvalue weighted by Crippen LogP contribution is 2.15. The maximum absolute atomic E-state index is 12.8. The summed E-state index contributed by atoms with van der Waals surface area (Å²) in [7, 11) is 0. The summed E-state index contributed by atoms with van der Waals surface area (Å²) in [4.78, 5) is 45.3. The average Bonchev–Trinajstić information content (AvgIpc) is 2.80. The van der Waals surface area contributed by atoms with Crippen molar-refractivity contribution in [2.24, 2.45) is 0 Å². The smallest absolute Gasteiger partial charge is 0.426 e. The molecule has 0 aliphatic rings. The third kappa shape index (κ3) is 6.45. The largest absolute Gasteiger partial charge is 0.443 e. The van der Waals surface area contributed by atoms with E-state index < -0.39 is 11.7 Å². The van der Waals surface area contributed by atoms with Gasteiger partial charge in [0.15, 0.2) is 0 Å². The number of hydrogen-bond donors (Lipinski definition) is 4. The first kappa shape index (κ1) is 24.5. The number of nitrogen functional groups attached to an aromatic ring is 1. The van der Waals surface area contributed by atoms with Gasteiger partial charge < -0.3 is 15.8 Å². The Kier molecular flexibility index (Phi) is 8.04. The molecule has 12 heteroatoms. The molecular weight excluding hydrogens is 462 g/mol. The van der Waals surface area contributed by atoms with Crippen molar-refractivity contribution in [2.45, 2.75) is 33.5 Å². The molecule has 3 aromatic rings. The molecule has 2 heterocycles. The molecule has 0 atom stereocenters. The minimum Gasteiger partial charge on any atom is -0.443 e. The van der Waals surface area contributed by atoms with Crippen LogP contribution in [0, 0.1) is 13.8 Å².